The van der Waals surface area contributed by atoms with Crippen molar-refractivity contribution in [1.82, 2.24) is 15.2 Å². The Morgan fingerprint density at radius 3 is 2.78 bits per heavy atom. The van der Waals surface area contributed by atoms with Gasteiger partial charge in [0.1, 0.15) is 0 Å². The van der Waals surface area contributed by atoms with Gasteiger partial charge in [-0.2, -0.15) is 0 Å². The zero-order valence-corrected chi connectivity index (χ0v) is 11.1. The van der Waals surface area contributed by atoms with Crippen molar-refractivity contribution in [3.63, 3.8) is 0 Å². The number of nitrogens with zero attached hydrogens (tertiary/aromatic N) is 2. The topological polar surface area (TPSA) is 45.2 Å². The van der Waals surface area contributed by atoms with Gasteiger partial charge in [0.05, 0.1) is 5.56 Å². The van der Waals surface area contributed by atoms with Gasteiger partial charge in [0, 0.05) is 25.5 Å². The molecule has 18 heavy (non-hydrogen) atoms. The Kier molecular flexibility index (Phi) is 4.31. The van der Waals surface area contributed by atoms with Crippen LogP contribution in [0.2, 0.25) is 0 Å². The fourth-order valence-corrected chi connectivity index (χ4v) is 2.35. The molecule has 0 saturated carbocycles. The molecule has 0 bridgehead atoms. The van der Waals surface area contributed by atoms with Crippen LogP contribution in [0.1, 0.15) is 28.9 Å². The molecule has 0 aliphatic carbocycles. The summed E-state index contributed by atoms with van der Waals surface area (Å²) in [5.41, 5.74) is 1.62. The molecule has 0 aromatic carbocycles. The van der Waals surface area contributed by atoms with Gasteiger partial charge in [-0.1, -0.05) is 0 Å². The minimum atomic E-state index is 0.0704. The van der Waals surface area contributed by atoms with Gasteiger partial charge in [0.15, 0.2) is 0 Å². The number of carbonyl (C=O) groups is 1. The first-order valence-corrected chi connectivity index (χ1v) is 6.55. The van der Waals surface area contributed by atoms with Crippen molar-refractivity contribution < 1.29 is 4.79 Å². The third kappa shape index (κ3) is 3.29. The Balaban J connectivity index is 1.93. The molecule has 1 aromatic heterocycles. The molecule has 1 aromatic rings. The van der Waals surface area contributed by atoms with Crippen molar-refractivity contribution >= 4 is 5.91 Å². The van der Waals surface area contributed by atoms with Crippen LogP contribution in [0, 0.1) is 12.8 Å². The molecule has 2 heterocycles. The fourth-order valence-electron chi connectivity index (χ4n) is 2.35. The lowest BCUT2D eigenvalue weighted by Crippen LogP contribution is -2.37. The molecule has 0 radical (unpaired) electrons. The van der Waals surface area contributed by atoms with Crippen molar-refractivity contribution in [3.8, 4) is 0 Å². The quantitative estimate of drug-likeness (QED) is 0.879. The first kappa shape index (κ1) is 13.0. The minimum Gasteiger partial charge on any atom is -0.341 e. The average molecular weight is 247 g/mol. The van der Waals surface area contributed by atoms with Crippen LogP contribution in [0.25, 0.3) is 0 Å². The molecule has 0 spiro atoms. The number of hydrogen-bond donors (Lipinski definition) is 1. The molecule has 0 unspecified atom stereocenters. The zero-order valence-electron chi connectivity index (χ0n) is 11.1. The van der Waals surface area contributed by atoms with Crippen molar-refractivity contribution in [2.24, 2.45) is 5.92 Å². The molecule has 1 fully saturated rings. The average Bonchev–Trinajstić information content (AvgIpc) is 2.40. The second-order valence-corrected chi connectivity index (χ2v) is 5.07. The highest BCUT2D eigenvalue weighted by Gasteiger charge is 2.18. The summed E-state index contributed by atoms with van der Waals surface area (Å²) in [5, 5.41) is 3.34. The lowest BCUT2D eigenvalue weighted by atomic mass is 9.97. The van der Waals surface area contributed by atoms with Crippen LogP contribution in [0.15, 0.2) is 18.3 Å². The highest BCUT2D eigenvalue weighted by molar-refractivity contribution is 5.93. The van der Waals surface area contributed by atoms with Crippen molar-refractivity contribution in [3.05, 3.63) is 29.6 Å². The molecule has 1 amide bonds. The van der Waals surface area contributed by atoms with Gasteiger partial charge in [-0.3, -0.25) is 9.78 Å². The van der Waals surface area contributed by atoms with Gasteiger partial charge in [-0.15, -0.1) is 0 Å². The maximum atomic E-state index is 12.2. The largest absolute Gasteiger partial charge is 0.341 e. The van der Waals surface area contributed by atoms with E-state index in [9.17, 15) is 4.79 Å². The Hall–Kier alpha value is -1.42. The van der Waals surface area contributed by atoms with Crippen molar-refractivity contribution in [2.75, 3.05) is 26.7 Å². The van der Waals surface area contributed by atoms with Crippen LogP contribution in [0.4, 0.5) is 0 Å². The van der Waals surface area contributed by atoms with E-state index in [4.69, 9.17) is 0 Å². The van der Waals surface area contributed by atoms with E-state index in [2.05, 4.69) is 10.3 Å². The molecule has 1 aliphatic rings. The summed E-state index contributed by atoms with van der Waals surface area (Å²) in [4.78, 5) is 18.2. The van der Waals surface area contributed by atoms with Crippen LogP contribution in [0.3, 0.4) is 0 Å². The van der Waals surface area contributed by atoms with Crippen LogP contribution < -0.4 is 5.32 Å². The lowest BCUT2D eigenvalue weighted by Gasteiger charge is -2.27. The lowest BCUT2D eigenvalue weighted by molar-refractivity contribution is 0.0762. The highest BCUT2D eigenvalue weighted by atomic mass is 16.2. The minimum absolute atomic E-state index is 0.0704. The number of aromatic nitrogens is 1. The van der Waals surface area contributed by atoms with Crippen molar-refractivity contribution in [1.29, 1.82) is 0 Å². The molecular weight excluding hydrogens is 226 g/mol. The van der Waals surface area contributed by atoms with Gasteiger partial charge >= 0.3 is 0 Å². The van der Waals surface area contributed by atoms with Crippen LogP contribution in [-0.2, 0) is 0 Å². The number of aryl methyl sites for hydroxylation is 1. The number of nitrogens with one attached hydrogen (secondary N) is 1. The number of amides is 1. The number of carbonyl (C=O) groups excluding carboxylic acids is 1. The third-order valence-corrected chi connectivity index (χ3v) is 3.50. The Morgan fingerprint density at radius 1 is 1.44 bits per heavy atom. The third-order valence-electron chi connectivity index (χ3n) is 3.50. The molecule has 4 nitrogen and oxygen atoms in total. The van der Waals surface area contributed by atoms with Crippen LogP contribution in [-0.4, -0.2) is 42.5 Å². The van der Waals surface area contributed by atoms with Gasteiger partial charge in [-0.05, 0) is 50.9 Å². The second-order valence-electron chi connectivity index (χ2n) is 5.07. The molecular formula is C14H21N3O. The van der Waals surface area contributed by atoms with E-state index in [0.717, 1.165) is 38.2 Å². The number of piperidine rings is 1. The fraction of sp³-hybridized carbons (Fsp3) is 0.571. The highest BCUT2D eigenvalue weighted by Crippen LogP contribution is 2.14. The van der Waals surface area contributed by atoms with E-state index < -0.39 is 0 Å². The maximum Gasteiger partial charge on any atom is 0.255 e. The summed E-state index contributed by atoms with van der Waals surface area (Å²) in [5.74, 6) is 0.694. The first-order valence-electron chi connectivity index (χ1n) is 6.55. The summed E-state index contributed by atoms with van der Waals surface area (Å²) in [6, 6.07) is 3.73. The van der Waals surface area contributed by atoms with E-state index >= 15 is 0 Å². The van der Waals surface area contributed by atoms with Crippen LogP contribution >= 0.6 is 0 Å². The van der Waals surface area contributed by atoms with Crippen molar-refractivity contribution in [2.45, 2.75) is 19.8 Å². The summed E-state index contributed by atoms with van der Waals surface area (Å²) >= 11 is 0. The standard InChI is InChI=1S/C14H21N3O/c1-11-3-4-13(9-16-11)14(18)17(2)10-12-5-7-15-8-6-12/h3-4,9,12,15H,5-8,10H2,1-2H3. The first-order chi connectivity index (χ1) is 8.66. The number of pyridine rings is 1. The van der Waals surface area contributed by atoms with E-state index in [1.54, 1.807) is 6.20 Å². The van der Waals surface area contributed by atoms with Crippen LogP contribution in [0.5, 0.6) is 0 Å². The Bertz CT molecular complexity index is 396. The second kappa shape index (κ2) is 5.96. The van der Waals surface area contributed by atoms with E-state index in [1.165, 1.54) is 0 Å². The Morgan fingerprint density at radius 2 is 2.17 bits per heavy atom. The molecule has 1 aliphatic heterocycles. The number of hydrogen-bond acceptors (Lipinski definition) is 3. The van der Waals surface area contributed by atoms with E-state index in [1.807, 2.05) is 31.0 Å². The normalized spacial score (nSPS) is 16.6. The van der Waals surface area contributed by atoms with E-state index in [-0.39, 0.29) is 5.91 Å². The summed E-state index contributed by atoms with van der Waals surface area (Å²) in [6.45, 7) is 4.90. The maximum absolute atomic E-state index is 12.2. The van der Waals surface area contributed by atoms with Gasteiger partial charge in [0.2, 0.25) is 0 Å². The monoisotopic (exact) mass is 247 g/mol. The molecule has 1 saturated heterocycles. The SMILES string of the molecule is Cc1ccc(C(=O)N(C)CC2CCNCC2)cn1. The molecule has 2 rings (SSSR count). The predicted octanol–water partition coefficient (Wildman–Crippen LogP) is 1.46. The van der Waals surface area contributed by atoms with Gasteiger partial charge < -0.3 is 10.2 Å². The zero-order chi connectivity index (χ0) is 13.0. The van der Waals surface area contributed by atoms with Gasteiger partial charge in [-0.25, -0.2) is 0 Å². The molecule has 1 N–H and O–H groups in total. The molecule has 0 atom stereocenters. The van der Waals surface area contributed by atoms with Gasteiger partial charge in [0.25, 0.3) is 5.91 Å². The smallest absolute Gasteiger partial charge is 0.255 e. The summed E-state index contributed by atoms with van der Waals surface area (Å²) in [6.07, 6.45) is 3.98. The number of rotatable bonds is 3. The predicted molar refractivity (Wildman–Crippen MR) is 71.5 cm³/mol. The summed E-state index contributed by atoms with van der Waals surface area (Å²) in [7, 11) is 1.88. The Labute approximate surface area is 108 Å². The van der Waals surface area contributed by atoms with E-state index in [0.29, 0.717) is 11.5 Å². The summed E-state index contributed by atoms with van der Waals surface area (Å²) < 4.78 is 0. The molecule has 98 valence electrons. The molecule has 4 heteroatoms.